The van der Waals surface area contributed by atoms with Crippen molar-refractivity contribution in [1.82, 2.24) is 4.90 Å². The molecular formula is C24H24F4N2O6. The molecule has 1 amide bonds. The summed E-state index contributed by atoms with van der Waals surface area (Å²) in [6.07, 6.45) is -4.60. The fourth-order valence-electron chi connectivity index (χ4n) is 4.31. The van der Waals surface area contributed by atoms with E-state index in [-0.39, 0.29) is 28.5 Å². The van der Waals surface area contributed by atoms with Crippen molar-refractivity contribution in [3.05, 3.63) is 59.4 Å². The number of anilines is 1. The number of carbonyl (C=O) groups is 3. The van der Waals surface area contributed by atoms with Gasteiger partial charge in [0.1, 0.15) is 0 Å². The van der Waals surface area contributed by atoms with Gasteiger partial charge in [0.25, 0.3) is 0 Å². The first-order chi connectivity index (χ1) is 16.8. The summed E-state index contributed by atoms with van der Waals surface area (Å²) in [7, 11) is 0. The third-order valence-electron chi connectivity index (χ3n) is 5.81. The van der Waals surface area contributed by atoms with Crippen LogP contribution in [0.4, 0.5) is 23.2 Å². The standard InChI is InChI=1S/C22H23FN2O4.C2HF3O2/c1-2-29-19-9-15(3-8-18(19)23)11-24-12-22(13-24)10-20(26)25(14-22)17-6-4-16(5-7-17)21(27)28;3-2(4,5)1(6)7/h3-9H,2,10-14H2,1H3,(H,27,28);(H,6,7). The Labute approximate surface area is 203 Å². The summed E-state index contributed by atoms with van der Waals surface area (Å²) in [6.45, 7) is 5.14. The molecule has 2 N–H and O–H groups in total. The average Bonchev–Trinajstić information content (AvgIpc) is 3.13. The fraction of sp³-hybridized carbons (Fsp3) is 0.375. The zero-order valence-electron chi connectivity index (χ0n) is 19.2. The highest BCUT2D eigenvalue weighted by Crippen LogP contribution is 2.42. The van der Waals surface area contributed by atoms with Crippen molar-refractivity contribution in [2.75, 3.05) is 31.1 Å². The first kappa shape index (κ1) is 26.9. The lowest BCUT2D eigenvalue weighted by atomic mass is 9.78. The zero-order chi connectivity index (χ0) is 26.7. The first-order valence-electron chi connectivity index (χ1n) is 10.9. The molecule has 2 fully saturated rings. The molecule has 194 valence electrons. The van der Waals surface area contributed by atoms with E-state index in [1.807, 2.05) is 6.92 Å². The zero-order valence-corrected chi connectivity index (χ0v) is 19.2. The van der Waals surface area contributed by atoms with Crippen LogP contribution in [0.2, 0.25) is 0 Å². The van der Waals surface area contributed by atoms with Gasteiger partial charge in [-0.05, 0) is 48.9 Å². The number of carbonyl (C=O) groups excluding carboxylic acids is 1. The fourth-order valence-corrected chi connectivity index (χ4v) is 4.31. The van der Waals surface area contributed by atoms with Crippen LogP contribution >= 0.6 is 0 Å². The number of rotatable bonds is 6. The van der Waals surface area contributed by atoms with Gasteiger partial charge < -0.3 is 19.8 Å². The highest BCUT2D eigenvalue weighted by molar-refractivity contribution is 5.97. The van der Waals surface area contributed by atoms with E-state index in [2.05, 4.69) is 4.90 Å². The predicted octanol–water partition coefficient (Wildman–Crippen LogP) is 3.79. The molecule has 12 heteroatoms. The number of carboxylic acids is 2. The van der Waals surface area contributed by atoms with E-state index in [1.54, 1.807) is 29.2 Å². The normalized spacial score (nSPS) is 16.8. The van der Waals surface area contributed by atoms with Gasteiger partial charge in [0, 0.05) is 43.7 Å². The van der Waals surface area contributed by atoms with Crippen LogP contribution in [0, 0.1) is 11.2 Å². The molecule has 4 rings (SSSR count). The number of nitrogens with zero attached hydrogens (tertiary/aromatic N) is 2. The highest BCUT2D eigenvalue weighted by atomic mass is 19.4. The number of benzene rings is 2. The minimum Gasteiger partial charge on any atom is -0.491 e. The number of hydrogen-bond donors (Lipinski definition) is 2. The Morgan fingerprint density at radius 1 is 1.06 bits per heavy atom. The van der Waals surface area contributed by atoms with Crippen LogP contribution in [-0.2, 0) is 16.1 Å². The molecular weight excluding hydrogens is 488 g/mol. The SMILES string of the molecule is CCOc1cc(CN2CC3(CC(=O)N(c4ccc(C(=O)O)cc4)C3)C2)ccc1F.O=C(O)C(F)(F)F. The van der Waals surface area contributed by atoms with Gasteiger partial charge in [-0.2, -0.15) is 13.2 Å². The van der Waals surface area contributed by atoms with Gasteiger partial charge in [-0.25, -0.2) is 14.0 Å². The second-order valence-electron chi connectivity index (χ2n) is 8.65. The van der Waals surface area contributed by atoms with E-state index in [1.165, 1.54) is 18.2 Å². The Hall–Kier alpha value is -3.67. The Morgan fingerprint density at radius 2 is 1.67 bits per heavy atom. The van der Waals surface area contributed by atoms with Crippen LogP contribution in [0.15, 0.2) is 42.5 Å². The summed E-state index contributed by atoms with van der Waals surface area (Å²) in [5.74, 6) is -3.77. The number of ether oxygens (including phenoxy) is 1. The molecule has 0 atom stereocenters. The van der Waals surface area contributed by atoms with Crippen molar-refractivity contribution < 1.29 is 46.9 Å². The van der Waals surface area contributed by atoms with Crippen molar-refractivity contribution in [2.45, 2.75) is 26.1 Å². The molecule has 0 unspecified atom stereocenters. The minimum absolute atomic E-state index is 0.0631. The van der Waals surface area contributed by atoms with Crippen LogP contribution < -0.4 is 9.64 Å². The van der Waals surface area contributed by atoms with E-state index in [4.69, 9.17) is 19.7 Å². The highest BCUT2D eigenvalue weighted by Gasteiger charge is 2.51. The number of amides is 1. The minimum atomic E-state index is -5.08. The summed E-state index contributed by atoms with van der Waals surface area (Å²) in [4.78, 5) is 36.4. The molecule has 2 heterocycles. The molecule has 0 radical (unpaired) electrons. The Bertz CT molecular complexity index is 1130. The predicted molar refractivity (Wildman–Crippen MR) is 119 cm³/mol. The molecule has 2 aliphatic rings. The average molecular weight is 512 g/mol. The number of aromatic carboxylic acids is 1. The molecule has 2 saturated heterocycles. The van der Waals surface area contributed by atoms with Crippen molar-refractivity contribution in [2.24, 2.45) is 5.41 Å². The summed E-state index contributed by atoms with van der Waals surface area (Å²) in [5.41, 5.74) is 1.84. The first-order valence-corrected chi connectivity index (χ1v) is 10.9. The molecule has 2 aromatic carbocycles. The lowest BCUT2D eigenvalue weighted by Crippen LogP contribution is -2.56. The quantitative estimate of drug-likeness (QED) is 0.567. The van der Waals surface area contributed by atoms with Crippen molar-refractivity contribution in [1.29, 1.82) is 0 Å². The maximum absolute atomic E-state index is 13.7. The summed E-state index contributed by atoms with van der Waals surface area (Å²) in [6, 6.07) is 11.3. The van der Waals surface area contributed by atoms with Crippen LogP contribution in [0.25, 0.3) is 0 Å². The van der Waals surface area contributed by atoms with Crippen LogP contribution in [0.5, 0.6) is 5.75 Å². The monoisotopic (exact) mass is 512 g/mol. The Balaban J connectivity index is 0.000000454. The van der Waals surface area contributed by atoms with E-state index in [9.17, 15) is 27.2 Å². The second-order valence-corrected chi connectivity index (χ2v) is 8.65. The largest absolute Gasteiger partial charge is 0.491 e. The topological polar surface area (TPSA) is 107 Å². The maximum Gasteiger partial charge on any atom is 0.490 e. The summed E-state index contributed by atoms with van der Waals surface area (Å²) in [5, 5.41) is 16.1. The summed E-state index contributed by atoms with van der Waals surface area (Å²) >= 11 is 0. The van der Waals surface area contributed by atoms with Crippen LogP contribution in [0.1, 0.15) is 29.3 Å². The molecule has 1 spiro atoms. The molecule has 36 heavy (non-hydrogen) atoms. The molecule has 0 saturated carbocycles. The van der Waals surface area contributed by atoms with Crippen molar-refractivity contribution in [3.63, 3.8) is 0 Å². The molecule has 2 aromatic rings. The van der Waals surface area contributed by atoms with Crippen LogP contribution in [-0.4, -0.2) is 65.4 Å². The molecule has 0 aliphatic carbocycles. The number of halogens is 4. The van der Waals surface area contributed by atoms with Gasteiger partial charge in [0.15, 0.2) is 11.6 Å². The smallest absolute Gasteiger partial charge is 0.490 e. The van der Waals surface area contributed by atoms with Gasteiger partial charge in [-0.15, -0.1) is 0 Å². The van der Waals surface area contributed by atoms with Gasteiger partial charge in [-0.3, -0.25) is 9.69 Å². The number of likely N-dealkylation sites (tertiary alicyclic amines) is 1. The lowest BCUT2D eigenvalue weighted by molar-refractivity contribution is -0.192. The van der Waals surface area contributed by atoms with Gasteiger partial charge in [0.05, 0.1) is 12.2 Å². The number of alkyl halides is 3. The molecule has 0 bridgehead atoms. The second kappa shape index (κ2) is 10.5. The van der Waals surface area contributed by atoms with Crippen LogP contribution in [0.3, 0.4) is 0 Å². The third-order valence-corrected chi connectivity index (χ3v) is 5.81. The number of aliphatic carboxylic acids is 1. The van der Waals surface area contributed by atoms with Gasteiger partial charge >= 0.3 is 18.1 Å². The van der Waals surface area contributed by atoms with Gasteiger partial charge in [-0.1, -0.05) is 6.07 Å². The van der Waals surface area contributed by atoms with E-state index in [0.29, 0.717) is 26.1 Å². The number of carboxylic acid groups (broad SMARTS) is 2. The maximum atomic E-state index is 13.7. The third kappa shape index (κ3) is 6.30. The van der Waals surface area contributed by atoms with Crippen molar-refractivity contribution >= 4 is 23.5 Å². The molecule has 0 aromatic heterocycles. The van der Waals surface area contributed by atoms with E-state index < -0.39 is 18.1 Å². The van der Waals surface area contributed by atoms with E-state index in [0.717, 1.165) is 24.3 Å². The Morgan fingerprint density at radius 3 is 2.19 bits per heavy atom. The van der Waals surface area contributed by atoms with Gasteiger partial charge in [0.2, 0.25) is 5.91 Å². The van der Waals surface area contributed by atoms with Crippen molar-refractivity contribution in [3.8, 4) is 5.75 Å². The van der Waals surface area contributed by atoms with E-state index >= 15 is 0 Å². The lowest BCUT2D eigenvalue weighted by Gasteiger charge is -2.47. The molecule has 2 aliphatic heterocycles. The Kier molecular flexibility index (Phi) is 7.87. The molecule has 8 nitrogen and oxygen atoms in total. The number of hydrogen-bond acceptors (Lipinski definition) is 5. The summed E-state index contributed by atoms with van der Waals surface area (Å²) < 4.78 is 50.8.